The van der Waals surface area contributed by atoms with Crippen LogP contribution in [0.25, 0.3) is 0 Å². The SMILES string of the molecule is Cc1cnc([C@H]2CCCN2C(=O)COc2cccc(F)c2)[nH]1. The lowest BCUT2D eigenvalue weighted by atomic mass is 10.2. The number of benzene rings is 1. The molecule has 2 aromatic rings. The van der Waals surface area contributed by atoms with Crippen LogP contribution in [0.15, 0.2) is 30.5 Å². The first kappa shape index (κ1) is 14.6. The molecule has 1 aromatic heterocycles. The number of imidazole rings is 1. The van der Waals surface area contributed by atoms with Gasteiger partial charge >= 0.3 is 0 Å². The number of nitrogens with one attached hydrogen (secondary N) is 1. The van der Waals surface area contributed by atoms with Gasteiger partial charge in [-0.25, -0.2) is 9.37 Å². The van der Waals surface area contributed by atoms with Crippen molar-refractivity contribution in [1.29, 1.82) is 0 Å². The molecule has 0 spiro atoms. The molecule has 0 saturated carbocycles. The summed E-state index contributed by atoms with van der Waals surface area (Å²) < 4.78 is 18.5. The van der Waals surface area contributed by atoms with Crippen LogP contribution in [0.1, 0.15) is 30.4 Å². The van der Waals surface area contributed by atoms with Gasteiger partial charge < -0.3 is 14.6 Å². The highest BCUT2D eigenvalue weighted by Crippen LogP contribution is 2.30. The molecule has 1 fully saturated rings. The zero-order valence-corrected chi connectivity index (χ0v) is 12.4. The number of hydrogen-bond donors (Lipinski definition) is 1. The van der Waals surface area contributed by atoms with E-state index < -0.39 is 0 Å². The smallest absolute Gasteiger partial charge is 0.261 e. The minimum absolute atomic E-state index is 0.0303. The number of likely N-dealkylation sites (tertiary alicyclic amines) is 1. The van der Waals surface area contributed by atoms with Crippen molar-refractivity contribution in [2.45, 2.75) is 25.8 Å². The highest BCUT2D eigenvalue weighted by molar-refractivity contribution is 5.78. The third kappa shape index (κ3) is 3.10. The average Bonchev–Trinajstić information content (AvgIpc) is 3.13. The molecule has 0 aliphatic carbocycles. The molecule has 2 heterocycles. The number of rotatable bonds is 4. The fourth-order valence-electron chi connectivity index (χ4n) is 2.74. The van der Waals surface area contributed by atoms with E-state index in [1.54, 1.807) is 23.2 Å². The Bertz CT molecular complexity index is 671. The van der Waals surface area contributed by atoms with Crippen molar-refractivity contribution in [3.8, 4) is 5.75 Å². The number of amides is 1. The number of carbonyl (C=O) groups excluding carboxylic acids is 1. The number of aryl methyl sites for hydroxylation is 1. The van der Waals surface area contributed by atoms with Crippen molar-refractivity contribution >= 4 is 5.91 Å². The monoisotopic (exact) mass is 303 g/mol. The van der Waals surface area contributed by atoms with Crippen molar-refractivity contribution in [3.63, 3.8) is 0 Å². The number of carbonyl (C=O) groups is 1. The number of aromatic amines is 1. The van der Waals surface area contributed by atoms with Gasteiger partial charge in [-0.05, 0) is 31.9 Å². The van der Waals surface area contributed by atoms with E-state index in [0.29, 0.717) is 12.3 Å². The third-order valence-electron chi connectivity index (χ3n) is 3.77. The molecule has 1 aromatic carbocycles. The first-order valence-corrected chi connectivity index (χ1v) is 7.33. The summed E-state index contributed by atoms with van der Waals surface area (Å²) in [5.74, 6) is 0.683. The van der Waals surface area contributed by atoms with Crippen LogP contribution in [0.5, 0.6) is 5.75 Å². The maximum Gasteiger partial charge on any atom is 0.261 e. The number of hydrogen-bond acceptors (Lipinski definition) is 3. The van der Waals surface area contributed by atoms with Crippen LogP contribution in [-0.2, 0) is 4.79 Å². The van der Waals surface area contributed by atoms with Gasteiger partial charge in [0.2, 0.25) is 0 Å². The molecule has 1 atom stereocenters. The van der Waals surface area contributed by atoms with Crippen LogP contribution < -0.4 is 4.74 Å². The minimum Gasteiger partial charge on any atom is -0.484 e. The van der Waals surface area contributed by atoms with Crippen LogP contribution in [0, 0.1) is 12.7 Å². The Morgan fingerprint density at radius 3 is 3.14 bits per heavy atom. The van der Waals surface area contributed by atoms with Crippen molar-refractivity contribution in [1.82, 2.24) is 14.9 Å². The van der Waals surface area contributed by atoms with Gasteiger partial charge in [-0.2, -0.15) is 0 Å². The Hall–Kier alpha value is -2.37. The lowest BCUT2D eigenvalue weighted by Crippen LogP contribution is -2.34. The summed E-state index contributed by atoms with van der Waals surface area (Å²) >= 11 is 0. The standard InChI is InChI=1S/C16H18FN3O2/c1-11-9-18-16(19-11)14-6-3-7-20(14)15(21)10-22-13-5-2-4-12(17)8-13/h2,4-5,8-9,14H,3,6-7,10H2,1H3,(H,18,19)/t14-/m1/s1. The van der Waals surface area contributed by atoms with Gasteiger partial charge in [-0.1, -0.05) is 6.07 Å². The minimum atomic E-state index is -0.380. The highest BCUT2D eigenvalue weighted by Gasteiger charge is 2.31. The second kappa shape index (κ2) is 6.17. The topological polar surface area (TPSA) is 58.2 Å². The molecule has 1 aliphatic rings. The first-order chi connectivity index (χ1) is 10.6. The quantitative estimate of drug-likeness (QED) is 0.944. The fraction of sp³-hybridized carbons (Fsp3) is 0.375. The van der Waals surface area contributed by atoms with Crippen molar-refractivity contribution < 1.29 is 13.9 Å². The molecule has 5 nitrogen and oxygen atoms in total. The maximum atomic E-state index is 13.1. The van der Waals surface area contributed by atoms with E-state index in [2.05, 4.69) is 9.97 Å². The molecule has 22 heavy (non-hydrogen) atoms. The molecule has 0 bridgehead atoms. The lowest BCUT2D eigenvalue weighted by molar-refractivity contribution is -0.134. The van der Waals surface area contributed by atoms with Gasteiger partial charge in [0.05, 0.1) is 6.04 Å². The van der Waals surface area contributed by atoms with Crippen LogP contribution in [0.2, 0.25) is 0 Å². The molecule has 1 N–H and O–H groups in total. The Morgan fingerprint density at radius 1 is 1.55 bits per heavy atom. The van der Waals surface area contributed by atoms with Gasteiger partial charge in [0.25, 0.3) is 5.91 Å². The van der Waals surface area contributed by atoms with Crippen LogP contribution >= 0.6 is 0 Å². The van der Waals surface area contributed by atoms with E-state index in [9.17, 15) is 9.18 Å². The number of nitrogens with zero attached hydrogens (tertiary/aromatic N) is 2. The van der Waals surface area contributed by atoms with Crippen molar-refractivity contribution in [2.75, 3.05) is 13.2 Å². The van der Waals surface area contributed by atoms with E-state index in [4.69, 9.17) is 4.74 Å². The molecule has 1 amide bonds. The van der Waals surface area contributed by atoms with Crippen LogP contribution in [0.3, 0.4) is 0 Å². The zero-order chi connectivity index (χ0) is 15.5. The van der Waals surface area contributed by atoms with E-state index in [1.807, 2.05) is 6.92 Å². The summed E-state index contributed by atoms with van der Waals surface area (Å²) in [6.45, 7) is 2.53. The second-order valence-electron chi connectivity index (χ2n) is 5.44. The van der Waals surface area contributed by atoms with Crippen LogP contribution in [-0.4, -0.2) is 33.9 Å². The van der Waals surface area contributed by atoms with Crippen molar-refractivity contribution in [3.05, 3.63) is 47.8 Å². The lowest BCUT2D eigenvalue weighted by Gasteiger charge is -2.23. The van der Waals surface area contributed by atoms with Gasteiger partial charge in [0.15, 0.2) is 6.61 Å². The van der Waals surface area contributed by atoms with Crippen LogP contribution in [0.4, 0.5) is 4.39 Å². The first-order valence-electron chi connectivity index (χ1n) is 7.33. The number of ether oxygens (including phenoxy) is 1. The largest absolute Gasteiger partial charge is 0.484 e. The maximum absolute atomic E-state index is 13.1. The molecular weight excluding hydrogens is 285 g/mol. The zero-order valence-electron chi connectivity index (χ0n) is 12.4. The Labute approximate surface area is 128 Å². The predicted octanol–water partition coefficient (Wildman–Crippen LogP) is 2.60. The molecular formula is C16H18FN3O2. The Balaban J connectivity index is 1.64. The Kier molecular flexibility index (Phi) is 4.09. The summed E-state index contributed by atoms with van der Waals surface area (Å²) in [6, 6.07) is 5.76. The molecule has 0 radical (unpaired) electrons. The molecule has 1 aliphatic heterocycles. The summed E-state index contributed by atoms with van der Waals surface area (Å²) in [4.78, 5) is 21.6. The van der Waals surface area contributed by atoms with E-state index in [-0.39, 0.29) is 24.4 Å². The summed E-state index contributed by atoms with van der Waals surface area (Å²) in [5, 5.41) is 0. The Morgan fingerprint density at radius 2 is 2.41 bits per heavy atom. The second-order valence-corrected chi connectivity index (χ2v) is 5.44. The number of halogens is 1. The summed E-state index contributed by atoms with van der Waals surface area (Å²) in [5.41, 5.74) is 0.977. The highest BCUT2D eigenvalue weighted by atomic mass is 19.1. The summed E-state index contributed by atoms with van der Waals surface area (Å²) in [7, 11) is 0. The fourth-order valence-corrected chi connectivity index (χ4v) is 2.74. The summed E-state index contributed by atoms with van der Waals surface area (Å²) in [6.07, 6.45) is 3.59. The molecule has 116 valence electrons. The van der Waals surface area contributed by atoms with E-state index >= 15 is 0 Å². The molecule has 6 heteroatoms. The number of aromatic nitrogens is 2. The third-order valence-corrected chi connectivity index (χ3v) is 3.77. The van der Waals surface area contributed by atoms with Gasteiger partial charge in [-0.3, -0.25) is 4.79 Å². The average molecular weight is 303 g/mol. The van der Waals surface area contributed by atoms with Crippen molar-refractivity contribution in [2.24, 2.45) is 0 Å². The van der Waals surface area contributed by atoms with E-state index in [0.717, 1.165) is 24.4 Å². The molecule has 3 rings (SSSR count). The normalized spacial score (nSPS) is 17.7. The van der Waals surface area contributed by atoms with Gasteiger partial charge in [0.1, 0.15) is 17.4 Å². The predicted molar refractivity (Wildman–Crippen MR) is 78.9 cm³/mol. The molecule has 1 saturated heterocycles. The van der Waals surface area contributed by atoms with Gasteiger partial charge in [-0.15, -0.1) is 0 Å². The number of H-pyrrole nitrogens is 1. The molecule has 0 unspecified atom stereocenters. The van der Waals surface area contributed by atoms with E-state index in [1.165, 1.54) is 12.1 Å². The van der Waals surface area contributed by atoms with Gasteiger partial charge in [0, 0.05) is 24.5 Å².